The van der Waals surface area contributed by atoms with Gasteiger partial charge >= 0.3 is 0 Å². The van der Waals surface area contributed by atoms with E-state index in [1.54, 1.807) is 31.3 Å². The minimum absolute atomic E-state index is 0.0949. The van der Waals surface area contributed by atoms with Gasteiger partial charge in [-0.3, -0.25) is 9.78 Å². The molecule has 4 rings (SSSR count). The molecule has 0 aliphatic carbocycles. The van der Waals surface area contributed by atoms with Crippen LogP contribution in [0.25, 0.3) is 11.0 Å². The molecule has 7 heteroatoms. The molecule has 0 aliphatic heterocycles. The number of aromatic nitrogens is 3. The summed E-state index contributed by atoms with van der Waals surface area (Å²) in [7, 11) is 1.61. The Kier molecular flexibility index (Phi) is 6.99. The highest BCUT2D eigenvalue weighted by Crippen LogP contribution is 2.32. The summed E-state index contributed by atoms with van der Waals surface area (Å²) in [6, 6.07) is 15.3. The number of nitrogens with zero attached hydrogens (tertiary/aromatic N) is 3. The summed E-state index contributed by atoms with van der Waals surface area (Å²) in [5, 5.41) is 3.85. The third kappa shape index (κ3) is 5.03. The van der Waals surface area contributed by atoms with Crippen molar-refractivity contribution in [2.45, 2.75) is 44.1 Å². The van der Waals surface area contributed by atoms with Crippen LogP contribution in [0.3, 0.4) is 0 Å². The Labute approximate surface area is 198 Å². The number of rotatable bonds is 8. The average Bonchev–Trinajstić information content (AvgIpc) is 3.18. The van der Waals surface area contributed by atoms with Gasteiger partial charge in [-0.05, 0) is 49.6 Å². The van der Waals surface area contributed by atoms with Crippen LogP contribution in [0.1, 0.15) is 36.1 Å². The quantitative estimate of drug-likeness (QED) is 0.330. The maximum absolute atomic E-state index is 13.4. The fourth-order valence-corrected chi connectivity index (χ4v) is 4.95. The molecule has 33 heavy (non-hydrogen) atoms. The molecule has 0 saturated heterocycles. The van der Waals surface area contributed by atoms with E-state index in [1.165, 1.54) is 16.7 Å². The third-order valence-corrected chi connectivity index (χ3v) is 6.66. The van der Waals surface area contributed by atoms with E-state index in [9.17, 15) is 4.79 Å². The van der Waals surface area contributed by atoms with Gasteiger partial charge in [0.1, 0.15) is 11.8 Å². The number of aryl methyl sites for hydroxylation is 2. The lowest BCUT2D eigenvalue weighted by molar-refractivity contribution is -0.119. The molecule has 1 N–H and O–H groups in total. The van der Waals surface area contributed by atoms with Crippen LogP contribution in [0.2, 0.25) is 0 Å². The van der Waals surface area contributed by atoms with Crippen LogP contribution in [-0.2, 0) is 10.5 Å². The van der Waals surface area contributed by atoms with Crippen molar-refractivity contribution in [1.82, 2.24) is 14.5 Å². The van der Waals surface area contributed by atoms with Crippen molar-refractivity contribution in [1.29, 1.82) is 0 Å². The molecule has 1 atom stereocenters. The molecular weight excluding hydrogens is 432 g/mol. The molecule has 1 amide bonds. The van der Waals surface area contributed by atoms with Crippen LogP contribution >= 0.6 is 11.8 Å². The number of nitrogens with one attached hydrogen (secondary N) is 1. The Morgan fingerprint density at radius 2 is 2.03 bits per heavy atom. The van der Waals surface area contributed by atoms with Crippen LogP contribution in [0.15, 0.2) is 66.1 Å². The van der Waals surface area contributed by atoms with Crippen LogP contribution < -0.4 is 10.1 Å². The summed E-state index contributed by atoms with van der Waals surface area (Å²) in [5.41, 5.74) is 6.14. The number of amides is 1. The summed E-state index contributed by atoms with van der Waals surface area (Å²) < 4.78 is 7.31. The van der Waals surface area contributed by atoms with Gasteiger partial charge in [-0.25, -0.2) is 4.98 Å². The van der Waals surface area contributed by atoms with Crippen molar-refractivity contribution in [3.8, 4) is 5.75 Å². The molecule has 2 heterocycles. The van der Waals surface area contributed by atoms with Gasteiger partial charge < -0.3 is 14.6 Å². The average molecular weight is 461 g/mol. The number of hydrogen-bond donors (Lipinski definition) is 1. The van der Waals surface area contributed by atoms with Gasteiger partial charge in [-0.2, -0.15) is 0 Å². The van der Waals surface area contributed by atoms with Crippen LogP contribution in [0.4, 0.5) is 5.69 Å². The first-order valence-corrected chi connectivity index (χ1v) is 11.9. The third-order valence-electron chi connectivity index (χ3n) is 5.66. The number of methoxy groups -OCH3 is 1. The van der Waals surface area contributed by atoms with Gasteiger partial charge in [0.25, 0.3) is 0 Å². The normalized spacial score (nSPS) is 12.0. The molecule has 0 fully saturated rings. The molecule has 0 unspecified atom stereocenters. The SMILES string of the molecule is CC[C@@H](C(=O)Nc1cccc(OC)c1)n1c(SCc2cc(C)ccc2C)nc2ccncc21. The molecule has 0 bridgehead atoms. The van der Waals surface area contributed by atoms with E-state index in [0.717, 1.165) is 21.9 Å². The number of fused-ring (bicyclic) bond motifs is 1. The molecular formula is C26H28N4O2S. The van der Waals surface area contributed by atoms with E-state index in [4.69, 9.17) is 9.72 Å². The first kappa shape index (κ1) is 22.9. The fourth-order valence-electron chi connectivity index (χ4n) is 3.83. The number of benzene rings is 2. The lowest BCUT2D eigenvalue weighted by atomic mass is 10.1. The number of ether oxygens (including phenoxy) is 1. The zero-order chi connectivity index (χ0) is 23.4. The summed E-state index contributed by atoms with van der Waals surface area (Å²) in [6.07, 6.45) is 4.13. The summed E-state index contributed by atoms with van der Waals surface area (Å²) in [4.78, 5) is 22.5. The second-order valence-electron chi connectivity index (χ2n) is 7.99. The summed E-state index contributed by atoms with van der Waals surface area (Å²) >= 11 is 1.65. The van der Waals surface area contributed by atoms with Crippen LogP contribution in [0, 0.1) is 13.8 Å². The van der Waals surface area contributed by atoms with Crippen molar-refractivity contribution in [3.63, 3.8) is 0 Å². The van der Waals surface area contributed by atoms with E-state index in [-0.39, 0.29) is 5.91 Å². The highest BCUT2D eigenvalue weighted by Gasteiger charge is 2.25. The minimum atomic E-state index is -0.425. The summed E-state index contributed by atoms with van der Waals surface area (Å²) in [5.74, 6) is 1.38. The molecule has 0 saturated carbocycles. The number of carbonyl (C=O) groups excluding carboxylic acids is 1. The molecule has 6 nitrogen and oxygen atoms in total. The van der Waals surface area contributed by atoms with E-state index >= 15 is 0 Å². The van der Waals surface area contributed by atoms with Crippen molar-refractivity contribution in [2.75, 3.05) is 12.4 Å². The number of anilines is 1. The molecule has 2 aromatic heterocycles. The standard InChI is InChI=1S/C26H28N4O2S/c1-5-23(25(31)28-20-7-6-8-21(14-20)32-4)30-24-15-27-12-11-22(24)29-26(30)33-16-19-13-17(2)9-10-18(19)3/h6-15,23H,5,16H2,1-4H3,(H,28,31)/t23-/m0/s1. The molecule has 0 radical (unpaired) electrons. The molecule has 2 aromatic carbocycles. The molecule has 0 spiro atoms. The van der Waals surface area contributed by atoms with E-state index in [2.05, 4.69) is 42.3 Å². The molecule has 0 aliphatic rings. The second kappa shape index (κ2) is 10.1. The smallest absolute Gasteiger partial charge is 0.247 e. The summed E-state index contributed by atoms with van der Waals surface area (Å²) in [6.45, 7) is 6.24. The Morgan fingerprint density at radius 3 is 2.82 bits per heavy atom. The number of carbonyl (C=O) groups is 1. The van der Waals surface area contributed by atoms with E-state index in [1.807, 2.05) is 41.8 Å². The largest absolute Gasteiger partial charge is 0.497 e. The van der Waals surface area contributed by atoms with Gasteiger partial charge in [0.2, 0.25) is 5.91 Å². The number of hydrogen-bond acceptors (Lipinski definition) is 5. The zero-order valence-corrected chi connectivity index (χ0v) is 20.1. The number of imidazole rings is 1. The van der Waals surface area contributed by atoms with E-state index in [0.29, 0.717) is 17.9 Å². The maximum atomic E-state index is 13.4. The van der Waals surface area contributed by atoms with Crippen molar-refractivity contribution in [2.24, 2.45) is 0 Å². The van der Waals surface area contributed by atoms with Gasteiger partial charge in [-0.15, -0.1) is 0 Å². The Balaban J connectivity index is 1.66. The lowest BCUT2D eigenvalue weighted by Gasteiger charge is -2.20. The minimum Gasteiger partial charge on any atom is -0.497 e. The number of pyridine rings is 1. The predicted molar refractivity (Wildman–Crippen MR) is 134 cm³/mol. The molecule has 170 valence electrons. The predicted octanol–water partition coefficient (Wildman–Crippen LogP) is 5.94. The topological polar surface area (TPSA) is 69.0 Å². The van der Waals surface area contributed by atoms with Crippen molar-refractivity contribution >= 4 is 34.4 Å². The first-order valence-electron chi connectivity index (χ1n) is 11.0. The Hall–Kier alpha value is -3.32. The van der Waals surface area contributed by atoms with Crippen molar-refractivity contribution < 1.29 is 9.53 Å². The van der Waals surface area contributed by atoms with Gasteiger partial charge in [0, 0.05) is 23.7 Å². The van der Waals surface area contributed by atoms with E-state index < -0.39 is 6.04 Å². The van der Waals surface area contributed by atoms with Crippen LogP contribution in [0.5, 0.6) is 5.75 Å². The number of thioether (sulfide) groups is 1. The maximum Gasteiger partial charge on any atom is 0.247 e. The van der Waals surface area contributed by atoms with Crippen LogP contribution in [-0.4, -0.2) is 27.6 Å². The van der Waals surface area contributed by atoms with Gasteiger partial charge in [0.15, 0.2) is 5.16 Å². The lowest BCUT2D eigenvalue weighted by Crippen LogP contribution is -2.26. The van der Waals surface area contributed by atoms with Gasteiger partial charge in [0.05, 0.1) is 24.3 Å². The second-order valence-corrected chi connectivity index (χ2v) is 8.94. The monoisotopic (exact) mass is 460 g/mol. The zero-order valence-electron chi connectivity index (χ0n) is 19.3. The first-order chi connectivity index (χ1) is 16.0. The fraction of sp³-hybridized carbons (Fsp3) is 0.269. The highest BCUT2D eigenvalue weighted by molar-refractivity contribution is 7.98. The highest BCUT2D eigenvalue weighted by atomic mass is 32.2. The molecule has 4 aromatic rings. The van der Waals surface area contributed by atoms with Crippen molar-refractivity contribution in [3.05, 3.63) is 77.6 Å². The Bertz CT molecular complexity index is 1280. The van der Waals surface area contributed by atoms with Gasteiger partial charge in [-0.1, -0.05) is 48.5 Å². The Morgan fingerprint density at radius 1 is 1.18 bits per heavy atom.